The summed E-state index contributed by atoms with van der Waals surface area (Å²) >= 11 is 0. The van der Waals surface area contributed by atoms with Crippen molar-refractivity contribution in [2.45, 2.75) is 0 Å². The first-order valence-corrected chi connectivity index (χ1v) is 2.79. The third-order valence-corrected chi connectivity index (χ3v) is 1.08. The summed E-state index contributed by atoms with van der Waals surface area (Å²) in [4.78, 5) is 3.71. The first-order chi connectivity index (χ1) is 4.84. The van der Waals surface area contributed by atoms with Crippen LogP contribution in [0.2, 0.25) is 0 Å². The molecule has 1 N–H and O–H groups in total. The molecule has 0 fully saturated rings. The fraction of sp³-hybridized carbons (Fsp3) is 0.143. The molecule has 0 saturated carbocycles. The average molecular weight is 135 g/mol. The molecule has 1 heterocycles. The zero-order valence-electron chi connectivity index (χ0n) is 5.59. The second-order valence-electron chi connectivity index (χ2n) is 1.71. The maximum absolute atomic E-state index is 7.20. The van der Waals surface area contributed by atoms with E-state index in [1.54, 1.807) is 12.1 Å². The molecule has 0 spiro atoms. The molecule has 3 heteroatoms. The molecule has 0 aliphatic heterocycles. The van der Waals surface area contributed by atoms with Crippen LogP contribution in [0.15, 0.2) is 18.3 Å². The average Bonchev–Trinajstić information content (AvgIpc) is 2.05. The monoisotopic (exact) mass is 135 g/mol. The first kappa shape index (κ1) is 6.74. The molecule has 0 amide bonds. The quantitative estimate of drug-likeness (QED) is 0.458. The molecule has 0 atom stereocenters. The third kappa shape index (κ3) is 1.31. The Balaban J connectivity index is 2.85. The molecule has 1 aromatic heterocycles. The minimum absolute atomic E-state index is 0.126. The van der Waals surface area contributed by atoms with Gasteiger partial charge in [0.25, 0.3) is 0 Å². The van der Waals surface area contributed by atoms with Gasteiger partial charge in [0, 0.05) is 6.20 Å². The number of methoxy groups -OCH3 is 1. The lowest BCUT2D eigenvalue weighted by atomic mass is 10.3. The Morgan fingerprint density at radius 1 is 1.80 bits per heavy atom. The highest BCUT2D eigenvalue weighted by molar-refractivity contribution is 5.90. The Kier molecular flexibility index (Phi) is 1.99. The van der Waals surface area contributed by atoms with Crippen LogP contribution in [0.25, 0.3) is 0 Å². The van der Waals surface area contributed by atoms with Crippen molar-refractivity contribution in [3.63, 3.8) is 0 Å². The summed E-state index contributed by atoms with van der Waals surface area (Å²) in [7, 11) is 1.46. The lowest BCUT2D eigenvalue weighted by Gasteiger charge is -1.98. The second-order valence-corrected chi connectivity index (χ2v) is 1.71. The number of nitrogens with one attached hydrogen (secondary N) is 1. The van der Waals surface area contributed by atoms with Gasteiger partial charge < -0.3 is 4.74 Å². The molecule has 1 radical (unpaired) electrons. The van der Waals surface area contributed by atoms with E-state index in [1.165, 1.54) is 13.3 Å². The van der Waals surface area contributed by atoms with Crippen LogP contribution in [-0.2, 0) is 4.74 Å². The number of rotatable bonds is 1. The summed E-state index contributed by atoms with van der Waals surface area (Å²) < 4.78 is 4.67. The van der Waals surface area contributed by atoms with Crippen LogP contribution in [0, 0.1) is 11.6 Å². The first-order valence-electron chi connectivity index (χ1n) is 2.79. The van der Waals surface area contributed by atoms with E-state index in [0.717, 1.165) is 0 Å². The highest BCUT2D eigenvalue weighted by atomic mass is 16.5. The molecule has 0 aromatic carbocycles. The molecule has 0 unspecified atom stereocenters. The largest absolute Gasteiger partial charge is 0.481 e. The van der Waals surface area contributed by atoms with Crippen molar-refractivity contribution in [2.24, 2.45) is 0 Å². The van der Waals surface area contributed by atoms with E-state index in [4.69, 9.17) is 5.41 Å². The van der Waals surface area contributed by atoms with Crippen LogP contribution in [0.5, 0.6) is 0 Å². The number of nitrogens with zero attached hydrogens (tertiary/aromatic N) is 1. The van der Waals surface area contributed by atoms with Crippen molar-refractivity contribution < 1.29 is 4.74 Å². The van der Waals surface area contributed by atoms with Gasteiger partial charge in [0.1, 0.15) is 0 Å². The summed E-state index contributed by atoms with van der Waals surface area (Å²) in [5, 5.41) is 7.20. The van der Waals surface area contributed by atoms with Gasteiger partial charge in [0.2, 0.25) is 5.90 Å². The Morgan fingerprint density at radius 2 is 2.60 bits per heavy atom. The van der Waals surface area contributed by atoms with Crippen LogP contribution < -0.4 is 0 Å². The zero-order chi connectivity index (χ0) is 7.40. The van der Waals surface area contributed by atoms with Crippen molar-refractivity contribution in [3.05, 3.63) is 30.1 Å². The van der Waals surface area contributed by atoms with Crippen LogP contribution in [0.1, 0.15) is 5.56 Å². The highest BCUT2D eigenvalue weighted by Gasteiger charge is 1.96. The van der Waals surface area contributed by atoms with Crippen LogP contribution in [-0.4, -0.2) is 18.0 Å². The third-order valence-electron chi connectivity index (χ3n) is 1.08. The smallest absolute Gasteiger partial charge is 0.214 e. The predicted molar refractivity (Wildman–Crippen MR) is 36.9 cm³/mol. The number of aromatic nitrogens is 1. The maximum atomic E-state index is 7.20. The van der Waals surface area contributed by atoms with Gasteiger partial charge >= 0.3 is 0 Å². The normalized spacial score (nSPS) is 8.90. The zero-order valence-corrected chi connectivity index (χ0v) is 5.59. The standard InChI is InChI=1S/C7H7N2O/c1-10-7(8)6-3-2-4-9-5-6/h2-3,5,8H,1H3. The molecule has 1 rings (SSSR count). The van der Waals surface area contributed by atoms with Gasteiger partial charge in [-0.3, -0.25) is 10.4 Å². The van der Waals surface area contributed by atoms with Crippen molar-refractivity contribution in [1.82, 2.24) is 4.98 Å². The molecule has 1 aromatic rings. The van der Waals surface area contributed by atoms with Crippen LogP contribution in [0.3, 0.4) is 0 Å². The molecule has 51 valence electrons. The predicted octanol–water partition coefficient (Wildman–Crippen LogP) is 0.854. The summed E-state index contributed by atoms with van der Waals surface area (Å²) in [6.45, 7) is 0. The van der Waals surface area contributed by atoms with E-state index in [0.29, 0.717) is 5.56 Å². The van der Waals surface area contributed by atoms with Crippen molar-refractivity contribution in [3.8, 4) is 0 Å². The van der Waals surface area contributed by atoms with Gasteiger partial charge in [-0.1, -0.05) is 0 Å². The SMILES string of the molecule is COC(=N)c1cc[c]nc1. The minimum atomic E-state index is 0.126. The molecule has 3 nitrogen and oxygen atoms in total. The van der Waals surface area contributed by atoms with E-state index in [2.05, 4.69) is 15.9 Å². The Bertz CT molecular complexity index is 220. The summed E-state index contributed by atoms with van der Waals surface area (Å²) in [6, 6.07) is 3.36. The van der Waals surface area contributed by atoms with Gasteiger partial charge in [-0.2, -0.15) is 0 Å². The fourth-order valence-electron chi connectivity index (χ4n) is 0.572. The number of ether oxygens (including phenoxy) is 1. The van der Waals surface area contributed by atoms with Gasteiger partial charge in [0.15, 0.2) is 0 Å². The molecular weight excluding hydrogens is 128 g/mol. The van der Waals surface area contributed by atoms with Gasteiger partial charge in [-0.15, -0.1) is 0 Å². The number of hydrogen-bond donors (Lipinski definition) is 1. The molecular formula is C7H7N2O. The number of hydrogen-bond acceptors (Lipinski definition) is 3. The van der Waals surface area contributed by atoms with Gasteiger partial charge in [0.05, 0.1) is 18.9 Å². The van der Waals surface area contributed by atoms with E-state index >= 15 is 0 Å². The summed E-state index contributed by atoms with van der Waals surface area (Å²) in [5.74, 6) is 0.126. The Labute approximate surface area is 59.2 Å². The van der Waals surface area contributed by atoms with Crippen molar-refractivity contribution in [2.75, 3.05) is 7.11 Å². The highest BCUT2D eigenvalue weighted by Crippen LogP contribution is 1.95. The summed E-state index contributed by atoms with van der Waals surface area (Å²) in [5.41, 5.74) is 0.668. The lowest BCUT2D eigenvalue weighted by molar-refractivity contribution is 0.401. The van der Waals surface area contributed by atoms with E-state index in [9.17, 15) is 0 Å². The number of pyridine rings is 1. The lowest BCUT2D eigenvalue weighted by Crippen LogP contribution is -2.00. The van der Waals surface area contributed by atoms with Crippen molar-refractivity contribution in [1.29, 1.82) is 5.41 Å². The topological polar surface area (TPSA) is 46.0 Å². The van der Waals surface area contributed by atoms with Crippen LogP contribution >= 0.6 is 0 Å². The molecule has 10 heavy (non-hydrogen) atoms. The Morgan fingerprint density at radius 3 is 3.10 bits per heavy atom. The van der Waals surface area contributed by atoms with Crippen LogP contribution in [0.4, 0.5) is 0 Å². The van der Waals surface area contributed by atoms with Gasteiger partial charge in [-0.05, 0) is 12.1 Å². The molecule has 0 aliphatic rings. The minimum Gasteiger partial charge on any atom is -0.481 e. The molecule has 0 aliphatic carbocycles. The van der Waals surface area contributed by atoms with E-state index < -0.39 is 0 Å². The Hall–Kier alpha value is -1.38. The molecule has 0 saturated heterocycles. The molecule has 0 bridgehead atoms. The fourth-order valence-corrected chi connectivity index (χ4v) is 0.572. The second kappa shape index (κ2) is 2.96. The van der Waals surface area contributed by atoms with E-state index in [-0.39, 0.29) is 5.90 Å². The van der Waals surface area contributed by atoms with Gasteiger partial charge in [-0.25, -0.2) is 0 Å². The van der Waals surface area contributed by atoms with E-state index in [1.807, 2.05) is 0 Å². The summed E-state index contributed by atoms with van der Waals surface area (Å²) in [6.07, 6.45) is 4.14. The van der Waals surface area contributed by atoms with Crippen molar-refractivity contribution >= 4 is 5.90 Å². The maximum Gasteiger partial charge on any atom is 0.214 e.